The lowest BCUT2D eigenvalue weighted by Gasteiger charge is -2.25. The zero-order valence-corrected chi connectivity index (χ0v) is 9.93. The van der Waals surface area contributed by atoms with Crippen molar-refractivity contribution in [2.75, 3.05) is 0 Å². The summed E-state index contributed by atoms with van der Waals surface area (Å²) in [6.07, 6.45) is 0.121. The van der Waals surface area contributed by atoms with E-state index in [1.165, 1.54) is 0 Å². The van der Waals surface area contributed by atoms with E-state index in [2.05, 4.69) is 0 Å². The summed E-state index contributed by atoms with van der Waals surface area (Å²) in [6, 6.07) is 5.56. The molecule has 1 aromatic rings. The first-order chi connectivity index (χ1) is 6.83. The molecule has 1 rings (SSSR count). The van der Waals surface area contributed by atoms with Crippen LogP contribution in [0.5, 0.6) is 0 Å². The number of aryl methyl sites for hydroxylation is 1. The van der Waals surface area contributed by atoms with Crippen LogP contribution >= 0.6 is 11.6 Å². The second-order valence-corrected chi connectivity index (χ2v) is 4.85. The highest BCUT2D eigenvalue weighted by molar-refractivity contribution is 6.30. The van der Waals surface area contributed by atoms with Gasteiger partial charge in [0.2, 0.25) is 0 Å². The molecular formula is C12H15ClO2. The minimum atomic E-state index is -0.783. The molecule has 2 nitrogen and oxygen atoms in total. The van der Waals surface area contributed by atoms with E-state index in [0.717, 1.165) is 11.1 Å². The van der Waals surface area contributed by atoms with E-state index < -0.39 is 5.97 Å². The summed E-state index contributed by atoms with van der Waals surface area (Å²) in [6.45, 7) is 5.81. The SMILES string of the molecule is Cc1cc(Cl)ccc1C(C)(C)CC(=O)O. The van der Waals surface area contributed by atoms with Crippen LogP contribution in [-0.2, 0) is 10.2 Å². The largest absolute Gasteiger partial charge is 0.481 e. The van der Waals surface area contributed by atoms with Crippen LogP contribution in [0.3, 0.4) is 0 Å². The standard InChI is InChI=1S/C12H15ClO2/c1-8-6-9(13)4-5-10(8)12(2,3)7-11(14)15/h4-6H,7H2,1-3H3,(H,14,15). The molecule has 0 unspecified atom stereocenters. The first-order valence-electron chi connectivity index (χ1n) is 4.81. The van der Waals surface area contributed by atoms with Crippen molar-refractivity contribution in [1.82, 2.24) is 0 Å². The van der Waals surface area contributed by atoms with Gasteiger partial charge in [0.15, 0.2) is 0 Å². The molecule has 0 spiro atoms. The maximum Gasteiger partial charge on any atom is 0.304 e. The molecule has 15 heavy (non-hydrogen) atoms. The van der Waals surface area contributed by atoms with Crippen molar-refractivity contribution >= 4 is 17.6 Å². The topological polar surface area (TPSA) is 37.3 Å². The second-order valence-electron chi connectivity index (χ2n) is 4.41. The molecule has 0 fully saturated rings. The second kappa shape index (κ2) is 4.23. The number of hydrogen-bond acceptors (Lipinski definition) is 1. The van der Waals surface area contributed by atoms with Gasteiger partial charge in [-0.2, -0.15) is 0 Å². The van der Waals surface area contributed by atoms with E-state index in [9.17, 15) is 4.79 Å². The van der Waals surface area contributed by atoms with E-state index in [-0.39, 0.29) is 11.8 Å². The maximum absolute atomic E-state index is 10.7. The van der Waals surface area contributed by atoms with E-state index in [1.807, 2.05) is 32.9 Å². The fourth-order valence-electron chi connectivity index (χ4n) is 1.86. The fraction of sp³-hybridized carbons (Fsp3) is 0.417. The smallest absolute Gasteiger partial charge is 0.304 e. The van der Waals surface area contributed by atoms with Gasteiger partial charge in [-0.25, -0.2) is 0 Å². The number of hydrogen-bond donors (Lipinski definition) is 1. The number of carboxylic acids is 1. The first-order valence-corrected chi connectivity index (χ1v) is 5.19. The Morgan fingerprint density at radius 1 is 1.47 bits per heavy atom. The number of benzene rings is 1. The molecule has 0 radical (unpaired) electrons. The maximum atomic E-state index is 10.7. The molecule has 1 aromatic carbocycles. The van der Waals surface area contributed by atoms with Crippen LogP contribution in [0.1, 0.15) is 31.4 Å². The van der Waals surface area contributed by atoms with Crippen molar-refractivity contribution in [1.29, 1.82) is 0 Å². The van der Waals surface area contributed by atoms with Crippen LogP contribution in [0.25, 0.3) is 0 Å². The highest BCUT2D eigenvalue weighted by Crippen LogP contribution is 2.30. The summed E-state index contributed by atoms with van der Waals surface area (Å²) >= 11 is 5.86. The van der Waals surface area contributed by atoms with E-state index in [4.69, 9.17) is 16.7 Å². The molecule has 0 saturated carbocycles. The first kappa shape index (κ1) is 12.1. The van der Waals surface area contributed by atoms with Crippen molar-refractivity contribution < 1.29 is 9.90 Å². The predicted octanol–water partition coefficient (Wildman–Crippen LogP) is 3.40. The zero-order valence-electron chi connectivity index (χ0n) is 9.17. The van der Waals surface area contributed by atoms with Crippen molar-refractivity contribution in [2.45, 2.75) is 32.6 Å². The summed E-state index contributed by atoms with van der Waals surface area (Å²) in [7, 11) is 0. The lowest BCUT2D eigenvalue weighted by molar-refractivity contribution is -0.138. The summed E-state index contributed by atoms with van der Waals surface area (Å²) in [5, 5.41) is 9.51. The Kier molecular flexibility index (Phi) is 3.40. The lowest BCUT2D eigenvalue weighted by atomic mass is 9.79. The molecule has 0 bridgehead atoms. The van der Waals surface area contributed by atoms with Gasteiger partial charge in [-0.15, -0.1) is 0 Å². The molecule has 0 atom stereocenters. The summed E-state index contributed by atoms with van der Waals surface area (Å²) in [4.78, 5) is 10.7. The van der Waals surface area contributed by atoms with Crippen LogP contribution in [0.4, 0.5) is 0 Å². The highest BCUT2D eigenvalue weighted by Gasteiger charge is 2.25. The van der Waals surface area contributed by atoms with E-state index in [0.29, 0.717) is 5.02 Å². The molecule has 0 amide bonds. The van der Waals surface area contributed by atoms with Gasteiger partial charge in [-0.1, -0.05) is 31.5 Å². The molecule has 1 N–H and O–H groups in total. The Labute approximate surface area is 94.9 Å². The van der Waals surface area contributed by atoms with Crippen molar-refractivity contribution in [3.63, 3.8) is 0 Å². The van der Waals surface area contributed by atoms with Crippen LogP contribution in [0.15, 0.2) is 18.2 Å². The van der Waals surface area contributed by atoms with Crippen LogP contribution in [0.2, 0.25) is 5.02 Å². The molecule has 0 aliphatic heterocycles. The third-order valence-corrected chi connectivity index (χ3v) is 2.75. The quantitative estimate of drug-likeness (QED) is 0.858. The zero-order chi connectivity index (χ0) is 11.6. The minimum absolute atomic E-state index is 0.121. The average Bonchev–Trinajstić information content (AvgIpc) is 1.99. The van der Waals surface area contributed by atoms with E-state index in [1.54, 1.807) is 6.07 Å². The van der Waals surface area contributed by atoms with Gasteiger partial charge in [-0.05, 0) is 30.2 Å². The fourth-order valence-corrected chi connectivity index (χ4v) is 2.09. The predicted molar refractivity (Wildman–Crippen MR) is 61.5 cm³/mol. The van der Waals surface area contributed by atoms with Crippen LogP contribution in [-0.4, -0.2) is 11.1 Å². The van der Waals surface area contributed by atoms with E-state index >= 15 is 0 Å². The van der Waals surface area contributed by atoms with Gasteiger partial charge in [-0.3, -0.25) is 4.79 Å². The average molecular weight is 227 g/mol. The van der Waals surface area contributed by atoms with Crippen molar-refractivity contribution in [2.24, 2.45) is 0 Å². The molecule has 0 aliphatic rings. The summed E-state index contributed by atoms with van der Waals surface area (Å²) < 4.78 is 0. The number of carboxylic acid groups (broad SMARTS) is 1. The normalized spacial score (nSPS) is 11.5. The van der Waals surface area contributed by atoms with Crippen molar-refractivity contribution in [3.8, 4) is 0 Å². The Bertz CT molecular complexity index is 383. The van der Waals surface area contributed by atoms with Gasteiger partial charge < -0.3 is 5.11 Å². The molecule has 0 aromatic heterocycles. The molecule has 0 saturated heterocycles. The Hall–Kier alpha value is -1.02. The van der Waals surface area contributed by atoms with Crippen molar-refractivity contribution in [3.05, 3.63) is 34.3 Å². The molecule has 82 valence electrons. The number of rotatable bonds is 3. The third kappa shape index (κ3) is 2.96. The number of halogens is 1. The molecule has 0 aliphatic carbocycles. The van der Waals surface area contributed by atoms with Gasteiger partial charge in [0, 0.05) is 10.4 Å². The lowest BCUT2D eigenvalue weighted by Crippen LogP contribution is -2.22. The highest BCUT2D eigenvalue weighted by atomic mass is 35.5. The Morgan fingerprint density at radius 3 is 2.53 bits per heavy atom. The third-order valence-electron chi connectivity index (χ3n) is 2.51. The number of aliphatic carboxylic acids is 1. The minimum Gasteiger partial charge on any atom is -0.481 e. The Morgan fingerprint density at radius 2 is 2.07 bits per heavy atom. The molecular weight excluding hydrogens is 212 g/mol. The van der Waals surface area contributed by atoms with Gasteiger partial charge in [0.1, 0.15) is 0 Å². The Balaban J connectivity index is 3.09. The van der Waals surface area contributed by atoms with Crippen LogP contribution in [0, 0.1) is 6.92 Å². The van der Waals surface area contributed by atoms with Gasteiger partial charge >= 0.3 is 5.97 Å². The van der Waals surface area contributed by atoms with Gasteiger partial charge in [0.25, 0.3) is 0 Å². The monoisotopic (exact) mass is 226 g/mol. The molecule has 3 heteroatoms. The number of carbonyl (C=O) groups is 1. The molecule has 0 heterocycles. The summed E-state index contributed by atoms with van der Waals surface area (Å²) in [5.74, 6) is -0.783. The summed E-state index contributed by atoms with van der Waals surface area (Å²) in [5.41, 5.74) is 1.71. The van der Waals surface area contributed by atoms with Gasteiger partial charge in [0.05, 0.1) is 6.42 Å². The van der Waals surface area contributed by atoms with Crippen LogP contribution < -0.4 is 0 Å².